The number of benzene rings is 2. The lowest BCUT2D eigenvalue weighted by Gasteiger charge is -2.18. The van der Waals surface area contributed by atoms with Gasteiger partial charge in [-0.05, 0) is 47.0 Å². The van der Waals surface area contributed by atoms with Gasteiger partial charge in [0.25, 0.3) is 0 Å². The van der Waals surface area contributed by atoms with E-state index in [0.717, 1.165) is 11.1 Å². The number of hydrogen-bond acceptors (Lipinski definition) is 2. The van der Waals surface area contributed by atoms with Crippen molar-refractivity contribution in [3.63, 3.8) is 0 Å². The van der Waals surface area contributed by atoms with Crippen molar-refractivity contribution in [1.82, 2.24) is 5.43 Å². The summed E-state index contributed by atoms with van der Waals surface area (Å²) >= 11 is 3.06. The van der Waals surface area contributed by atoms with Gasteiger partial charge in [-0.3, -0.25) is 11.3 Å². The Kier molecular flexibility index (Phi) is 4.86. The Labute approximate surface area is 125 Å². The lowest BCUT2D eigenvalue weighted by atomic mass is 9.98. The van der Waals surface area contributed by atoms with Crippen LogP contribution < -0.4 is 11.3 Å². The van der Waals surface area contributed by atoms with Gasteiger partial charge in [0.2, 0.25) is 0 Å². The van der Waals surface area contributed by atoms with Gasteiger partial charge in [-0.2, -0.15) is 0 Å². The molecule has 0 bridgehead atoms. The minimum absolute atomic E-state index is 0.0533. The highest BCUT2D eigenvalue weighted by molar-refractivity contribution is 9.10. The maximum Gasteiger partial charge on any atom is 0.145 e. The summed E-state index contributed by atoms with van der Waals surface area (Å²) in [6.07, 6.45) is 0.404. The summed E-state index contributed by atoms with van der Waals surface area (Å²) in [5, 5.41) is 0. The topological polar surface area (TPSA) is 38.0 Å². The smallest absolute Gasteiger partial charge is 0.145 e. The van der Waals surface area contributed by atoms with Crippen molar-refractivity contribution < 1.29 is 8.78 Å². The zero-order chi connectivity index (χ0) is 14.7. The third kappa shape index (κ3) is 3.23. The molecule has 0 heterocycles. The van der Waals surface area contributed by atoms with E-state index in [2.05, 4.69) is 21.4 Å². The Balaban J connectivity index is 2.33. The highest BCUT2D eigenvalue weighted by atomic mass is 79.9. The van der Waals surface area contributed by atoms with E-state index in [4.69, 9.17) is 5.84 Å². The first-order valence-electron chi connectivity index (χ1n) is 6.18. The van der Waals surface area contributed by atoms with E-state index in [-0.39, 0.29) is 10.0 Å². The van der Waals surface area contributed by atoms with Gasteiger partial charge in [0.15, 0.2) is 0 Å². The van der Waals surface area contributed by atoms with Gasteiger partial charge in [-0.25, -0.2) is 8.78 Å². The van der Waals surface area contributed by atoms with Gasteiger partial charge in [0.05, 0.1) is 10.5 Å². The Morgan fingerprint density at radius 3 is 2.40 bits per heavy atom. The summed E-state index contributed by atoms with van der Waals surface area (Å²) in [5.74, 6) is 4.24. The Morgan fingerprint density at radius 1 is 1.15 bits per heavy atom. The second-order valence-electron chi connectivity index (χ2n) is 4.67. The quantitative estimate of drug-likeness (QED) is 0.505. The van der Waals surface area contributed by atoms with E-state index >= 15 is 0 Å². The Hall–Kier alpha value is -1.30. The number of aryl methyl sites for hydroxylation is 1. The second kappa shape index (κ2) is 6.43. The maximum absolute atomic E-state index is 14.1. The van der Waals surface area contributed by atoms with Gasteiger partial charge < -0.3 is 0 Å². The molecular formula is C15H15BrF2N2. The summed E-state index contributed by atoms with van der Waals surface area (Å²) in [4.78, 5) is 0. The van der Waals surface area contributed by atoms with Crippen LogP contribution in [-0.2, 0) is 6.42 Å². The van der Waals surface area contributed by atoms with Crippen LogP contribution in [0, 0.1) is 18.6 Å². The molecule has 0 aliphatic rings. The molecule has 2 aromatic carbocycles. The zero-order valence-electron chi connectivity index (χ0n) is 11.0. The lowest BCUT2D eigenvalue weighted by molar-refractivity contribution is 0.470. The molecule has 2 aromatic rings. The molecule has 3 N–H and O–H groups in total. The van der Waals surface area contributed by atoms with Crippen molar-refractivity contribution in [2.45, 2.75) is 19.4 Å². The van der Waals surface area contributed by atoms with Crippen molar-refractivity contribution in [3.8, 4) is 0 Å². The molecule has 0 aliphatic carbocycles. The van der Waals surface area contributed by atoms with Crippen LogP contribution >= 0.6 is 15.9 Å². The first kappa shape index (κ1) is 15.1. The van der Waals surface area contributed by atoms with Gasteiger partial charge in [0, 0.05) is 5.56 Å². The molecule has 0 aliphatic heterocycles. The molecule has 106 valence electrons. The molecule has 2 rings (SSSR count). The third-order valence-corrected chi connectivity index (χ3v) is 3.80. The van der Waals surface area contributed by atoms with Crippen LogP contribution in [0.15, 0.2) is 40.9 Å². The summed E-state index contributed by atoms with van der Waals surface area (Å²) in [6.45, 7) is 1.98. The average Bonchev–Trinajstić information content (AvgIpc) is 2.44. The second-order valence-corrected chi connectivity index (χ2v) is 5.52. The monoisotopic (exact) mass is 340 g/mol. The molecular weight excluding hydrogens is 326 g/mol. The molecule has 0 saturated carbocycles. The molecule has 2 nitrogen and oxygen atoms in total. The molecule has 5 heteroatoms. The summed E-state index contributed by atoms with van der Waals surface area (Å²) in [5.41, 5.74) is 4.52. The molecule has 0 spiro atoms. The number of halogens is 3. The van der Waals surface area contributed by atoms with Gasteiger partial charge in [-0.15, -0.1) is 0 Å². The van der Waals surface area contributed by atoms with Crippen molar-refractivity contribution in [2.75, 3.05) is 0 Å². The predicted octanol–water partition coefficient (Wildman–Crippen LogP) is 3.78. The number of nitrogens with two attached hydrogens (primary N) is 1. The summed E-state index contributed by atoms with van der Waals surface area (Å²) in [7, 11) is 0. The highest BCUT2D eigenvalue weighted by Gasteiger charge is 2.21. The lowest BCUT2D eigenvalue weighted by Crippen LogP contribution is -2.31. The third-order valence-electron chi connectivity index (χ3n) is 3.19. The van der Waals surface area contributed by atoms with E-state index in [0.29, 0.717) is 6.42 Å². The van der Waals surface area contributed by atoms with Crippen molar-refractivity contribution in [1.29, 1.82) is 0 Å². The Morgan fingerprint density at radius 2 is 1.80 bits per heavy atom. The maximum atomic E-state index is 14.1. The van der Waals surface area contributed by atoms with Crippen LogP contribution in [0.25, 0.3) is 0 Å². The molecule has 0 saturated heterocycles. The minimum Gasteiger partial charge on any atom is -0.271 e. The van der Waals surface area contributed by atoms with Crippen LogP contribution in [0.5, 0.6) is 0 Å². The standard InChI is InChI=1S/C15H15BrF2N2/c1-9-2-4-10(5-3-9)8-13(20-19)14-12(17)7-6-11(16)15(14)18/h2-7,13,20H,8,19H2,1H3. The van der Waals surface area contributed by atoms with Gasteiger partial charge in [-0.1, -0.05) is 29.8 Å². The van der Waals surface area contributed by atoms with Crippen LogP contribution in [0.3, 0.4) is 0 Å². The van der Waals surface area contributed by atoms with Crippen LogP contribution in [-0.4, -0.2) is 0 Å². The van der Waals surface area contributed by atoms with E-state index in [1.807, 2.05) is 31.2 Å². The summed E-state index contributed by atoms with van der Waals surface area (Å²) in [6, 6.07) is 9.69. The normalized spacial score (nSPS) is 12.4. The molecule has 20 heavy (non-hydrogen) atoms. The van der Waals surface area contributed by atoms with E-state index in [1.54, 1.807) is 0 Å². The van der Waals surface area contributed by atoms with Crippen LogP contribution in [0.2, 0.25) is 0 Å². The van der Waals surface area contributed by atoms with Crippen LogP contribution in [0.1, 0.15) is 22.7 Å². The SMILES string of the molecule is Cc1ccc(CC(NN)c2c(F)ccc(Br)c2F)cc1. The Bertz CT molecular complexity index is 600. The zero-order valence-corrected chi connectivity index (χ0v) is 12.5. The fourth-order valence-corrected chi connectivity index (χ4v) is 2.41. The first-order valence-corrected chi connectivity index (χ1v) is 6.97. The van der Waals surface area contributed by atoms with E-state index in [1.165, 1.54) is 12.1 Å². The fraction of sp³-hybridized carbons (Fsp3) is 0.200. The van der Waals surface area contributed by atoms with Crippen molar-refractivity contribution >= 4 is 15.9 Å². The largest absolute Gasteiger partial charge is 0.271 e. The minimum atomic E-state index is -0.629. The van der Waals surface area contributed by atoms with Crippen molar-refractivity contribution in [2.24, 2.45) is 5.84 Å². The number of nitrogens with one attached hydrogen (secondary N) is 1. The molecule has 0 radical (unpaired) electrons. The van der Waals surface area contributed by atoms with E-state index in [9.17, 15) is 8.78 Å². The fourth-order valence-electron chi connectivity index (χ4n) is 2.07. The van der Waals surface area contributed by atoms with E-state index < -0.39 is 17.7 Å². The molecule has 0 amide bonds. The first-order chi connectivity index (χ1) is 9.52. The molecule has 1 unspecified atom stereocenters. The average molecular weight is 341 g/mol. The number of hydrogen-bond donors (Lipinski definition) is 2. The number of hydrazine groups is 1. The molecule has 1 atom stereocenters. The van der Waals surface area contributed by atoms with Gasteiger partial charge in [0.1, 0.15) is 11.6 Å². The molecule has 0 fully saturated rings. The summed E-state index contributed by atoms with van der Waals surface area (Å²) < 4.78 is 28.2. The molecule has 0 aromatic heterocycles. The van der Waals surface area contributed by atoms with Gasteiger partial charge >= 0.3 is 0 Å². The van der Waals surface area contributed by atoms with Crippen molar-refractivity contribution in [3.05, 3.63) is 69.2 Å². The highest BCUT2D eigenvalue weighted by Crippen LogP contribution is 2.28. The predicted molar refractivity (Wildman–Crippen MR) is 79.0 cm³/mol. The van der Waals surface area contributed by atoms with Crippen LogP contribution in [0.4, 0.5) is 8.78 Å². The number of rotatable bonds is 4.